The number of sulfonamides is 1. The molecule has 8 heteroatoms. The normalized spacial score (nSPS) is 12.8. The molecule has 2 aromatic carbocycles. The second kappa shape index (κ2) is 10.3. The number of nitrogens with one attached hydrogen (secondary N) is 1. The van der Waals surface area contributed by atoms with E-state index in [0.717, 1.165) is 5.56 Å². The number of carbonyl (C=O) groups excluding carboxylic acids is 1. The van der Waals surface area contributed by atoms with E-state index in [9.17, 15) is 13.2 Å². The molecule has 1 N–H and O–H groups in total. The number of halogens is 1. The predicted octanol–water partition coefficient (Wildman–Crippen LogP) is 4.76. The van der Waals surface area contributed by atoms with E-state index in [1.165, 1.54) is 23.5 Å². The Morgan fingerprint density at radius 1 is 1.10 bits per heavy atom. The van der Waals surface area contributed by atoms with Gasteiger partial charge in [0.2, 0.25) is 15.9 Å². The highest BCUT2D eigenvalue weighted by atomic mass is 35.5. The minimum absolute atomic E-state index is 0.0137. The van der Waals surface area contributed by atoms with Gasteiger partial charge in [-0.25, -0.2) is 8.42 Å². The van der Waals surface area contributed by atoms with E-state index in [0.29, 0.717) is 29.5 Å². The first kappa shape index (κ1) is 24.2. The number of ether oxygens (including phenoxy) is 1. The van der Waals surface area contributed by atoms with E-state index in [2.05, 4.69) is 5.32 Å². The fraction of sp³-hybridized carbons (Fsp3) is 0.409. The summed E-state index contributed by atoms with van der Waals surface area (Å²) >= 11 is 5.98. The molecule has 0 bridgehead atoms. The second-order valence-electron chi connectivity index (χ2n) is 7.21. The topological polar surface area (TPSA) is 75.7 Å². The molecule has 2 aromatic rings. The zero-order valence-corrected chi connectivity index (χ0v) is 19.5. The van der Waals surface area contributed by atoms with Crippen LogP contribution in [0.15, 0.2) is 47.4 Å². The summed E-state index contributed by atoms with van der Waals surface area (Å²) in [5.74, 6) is -0.279. The van der Waals surface area contributed by atoms with Crippen LogP contribution in [-0.2, 0) is 14.8 Å². The molecule has 30 heavy (non-hydrogen) atoms. The Balaban J connectivity index is 2.42. The maximum atomic E-state index is 13.2. The highest BCUT2D eigenvalue weighted by molar-refractivity contribution is 7.89. The molecule has 1 atom stereocenters. The fourth-order valence-corrected chi connectivity index (χ4v) is 4.99. The molecule has 2 rings (SSSR count). The van der Waals surface area contributed by atoms with Crippen molar-refractivity contribution in [3.8, 4) is 5.75 Å². The molecule has 0 saturated heterocycles. The lowest BCUT2D eigenvalue weighted by Crippen LogP contribution is -2.30. The average molecular weight is 453 g/mol. The maximum absolute atomic E-state index is 13.2. The summed E-state index contributed by atoms with van der Waals surface area (Å²) < 4.78 is 32.5. The molecule has 1 amide bonds. The van der Waals surface area contributed by atoms with E-state index < -0.39 is 15.9 Å². The lowest BCUT2D eigenvalue weighted by atomic mass is 9.87. The van der Waals surface area contributed by atoms with Crippen molar-refractivity contribution in [2.24, 2.45) is 5.92 Å². The largest absolute Gasteiger partial charge is 0.495 e. The Morgan fingerprint density at radius 2 is 1.70 bits per heavy atom. The third kappa shape index (κ3) is 5.33. The van der Waals surface area contributed by atoms with Gasteiger partial charge in [0.15, 0.2) is 0 Å². The smallest absolute Gasteiger partial charge is 0.243 e. The molecule has 6 nitrogen and oxygen atoms in total. The Kier molecular flexibility index (Phi) is 8.29. The van der Waals surface area contributed by atoms with Crippen LogP contribution in [-0.4, -0.2) is 38.8 Å². The fourth-order valence-electron chi connectivity index (χ4n) is 3.38. The molecule has 0 aliphatic carbocycles. The molecular weight excluding hydrogens is 424 g/mol. The van der Waals surface area contributed by atoms with Gasteiger partial charge in [0.25, 0.3) is 0 Å². The van der Waals surface area contributed by atoms with Crippen molar-refractivity contribution in [1.82, 2.24) is 4.31 Å². The third-order valence-corrected chi connectivity index (χ3v) is 7.25. The Bertz CT molecular complexity index is 971. The van der Waals surface area contributed by atoms with Crippen LogP contribution in [0.1, 0.15) is 39.2 Å². The van der Waals surface area contributed by atoms with Crippen LogP contribution in [0, 0.1) is 5.92 Å². The summed E-state index contributed by atoms with van der Waals surface area (Å²) in [5, 5.41) is 3.46. The van der Waals surface area contributed by atoms with Gasteiger partial charge in [0.1, 0.15) is 5.75 Å². The Labute approximate surface area is 184 Å². The van der Waals surface area contributed by atoms with Gasteiger partial charge < -0.3 is 10.1 Å². The summed E-state index contributed by atoms with van der Waals surface area (Å²) in [6.45, 7) is 8.20. The van der Waals surface area contributed by atoms with Crippen LogP contribution in [0.2, 0.25) is 5.02 Å². The lowest BCUT2D eigenvalue weighted by molar-refractivity contribution is -0.118. The molecule has 0 radical (unpaired) electrons. The first-order valence-corrected chi connectivity index (χ1v) is 11.7. The highest BCUT2D eigenvalue weighted by Crippen LogP contribution is 2.32. The van der Waals surface area contributed by atoms with E-state index >= 15 is 0 Å². The summed E-state index contributed by atoms with van der Waals surface area (Å²) in [4.78, 5) is 13.3. The number of carbonyl (C=O) groups is 1. The number of rotatable bonds is 9. The number of benzene rings is 2. The molecule has 0 aliphatic rings. The monoisotopic (exact) mass is 452 g/mol. The van der Waals surface area contributed by atoms with Crippen molar-refractivity contribution in [2.75, 3.05) is 25.5 Å². The number of methoxy groups -OCH3 is 1. The second-order valence-corrected chi connectivity index (χ2v) is 9.59. The number of nitrogens with zero attached hydrogens (tertiary/aromatic N) is 1. The number of anilines is 1. The van der Waals surface area contributed by atoms with Crippen LogP contribution in [0.3, 0.4) is 0 Å². The van der Waals surface area contributed by atoms with Crippen molar-refractivity contribution in [3.63, 3.8) is 0 Å². The van der Waals surface area contributed by atoms with Gasteiger partial charge in [-0.1, -0.05) is 51.4 Å². The minimum atomic E-state index is -3.67. The summed E-state index contributed by atoms with van der Waals surface area (Å²) in [6.07, 6.45) is 0. The molecule has 0 aromatic heterocycles. The third-order valence-electron chi connectivity index (χ3n) is 4.95. The molecule has 0 spiro atoms. The summed E-state index contributed by atoms with van der Waals surface area (Å²) in [6, 6.07) is 11.6. The summed E-state index contributed by atoms with van der Waals surface area (Å²) in [5.41, 5.74) is 1.15. The van der Waals surface area contributed by atoms with Crippen molar-refractivity contribution < 1.29 is 17.9 Å². The molecule has 0 fully saturated rings. The van der Waals surface area contributed by atoms with Crippen LogP contribution < -0.4 is 10.1 Å². The molecular formula is C22H29ClN2O4S. The first-order valence-electron chi connectivity index (χ1n) is 9.90. The van der Waals surface area contributed by atoms with Crippen molar-refractivity contribution in [3.05, 3.63) is 53.1 Å². The van der Waals surface area contributed by atoms with Gasteiger partial charge in [-0.3, -0.25) is 4.79 Å². The van der Waals surface area contributed by atoms with Gasteiger partial charge in [-0.05, 0) is 41.8 Å². The quantitative estimate of drug-likeness (QED) is 0.595. The average Bonchev–Trinajstić information content (AvgIpc) is 2.70. The van der Waals surface area contributed by atoms with Crippen molar-refractivity contribution >= 4 is 33.2 Å². The molecule has 0 aliphatic heterocycles. The van der Waals surface area contributed by atoms with Gasteiger partial charge >= 0.3 is 0 Å². The molecule has 164 valence electrons. The van der Waals surface area contributed by atoms with Crippen LogP contribution in [0.25, 0.3) is 0 Å². The number of hydrogen-bond donors (Lipinski definition) is 1. The van der Waals surface area contributed by atoms with Crippen molar-refractivity contribution in [2.45, 2.75) is 38.5 Å². The maximum Gasteiger partial charge on any atom is 0.243 e. The zero-order chi connectivity index (χ0) is 22.5. The zero-order valence-electron chi connectivity index (χ0n) is 18.0. The van der Waals surface area contributed by atoms with Gasteiger partial charge in [0, 0.05) is 18.1 Å². The van der Waals surface area contributed by atoms with Gasteiger partial charge in [-0.15, -0.1) is 0 Å². The summed E-state index contributed by atoms with van der Waals surface area (Å²) in [7, 11) is -2.19. The van der Waals surface area contributed by atoms with Crippen LogP contribution in [0.4, 0.5) is 5.69 Å². The number of hydrogen-bond acceptors (Lipinski definition) is 4. The SMILES string of the molecule is CCN(CC)S(=O)(=O)c1ccc(OC)c(NC(=O)[C@@H](c2ccc(Cl)cc2)C(C)C)c1. The van der Waals surface area contributed by atoms with Crippen LogP contribution >= 0.6 is 11.6 Å². The minimum Gasteiger partial charge on any atom is -0.495 e. The van der Waals surface area contributed by atoms with E-state index in [-0.39, 0.29) is 16.7 Å². The first-order chi connectivity index (χ1) is 14.1. The van der Waals surface area contributed by atoms with Crippen LogP contribution in [0.5, 0.6) is 5.75 Å². The highest BCUT2D eigenvalue weighted by Gasteiger charge is 2.27. The molecule has 0 saturated carbocycles. The van der Waals surface area contributed by atoms with E-state index in [4.69, 9.17) is 16.3 Å². The van der Waals surface area contributed by atoms with Gasteiger partial charge in [0.05, 0.1) is 23.6 Å². The van der Waals surface area contributed by atoms with Gasteiger partial charge in [-0.2, -0.15) is 4.31 Å². The lowest BCUT2D eigenvalue weighted by Gasteiger charge is -2.23. The molecule has 0 unspecified atom stereocenters. The Morgan fingerprint density at radius 3 is 2.20 bits per heavy atom. The predicted molar refractivity (Wildman–Crippen MR) is 121 cm³/mol. The van der Waals surface area contributed by atoms with E-state index in [1.54, 1.807) is 32.0 Å². The van der Waals surface area contributed by atoms with Crippen molar-refractivity contribution in [1.29, 1.82) is 0 Å². The number of amides is 1. The standard InChI is InChI=1S/C22H29ClN2O4S/c1-6-25(7-2)30(27,28)18-12-13-20(29-5)19(14-18)24-22(26)21(15(3)4)16-8-10-17(23)11-9-16/h8-15,21H,6-7H2,1-5H3,(H,24,26)/t21-/m1/s1. The Hall–Kier alpha value is -2.09. The molecule has 0 heterocycles. The van der Waals surface area contributed by atoms with E-state index in [1.807, 2.05) is 26.0 Å².